The van der Waals surface area contributed by atoms with Gasteiger partial charge in [-0.05, 0) is 6.07 Å². The Kier molecular flexibility index (Phi) is 4.17. The SMILES string of the molecule is CN(CCC(=N)N)c1ncc(Cl)cc1Cl. The number of amidine groups is 1. The molecule has 0 aliphatic carbocycles. The summed E-state index contributed by atoms with van der Waals surface area (Å²) in [6, 6.07) is 1.63. The fourth-order valence-corrected chi connectivity index (χ4v) is 1.61. The number of hydrogen-bond acceptors (Lipinski definition) is 3. The average Bonchev–Trinajstić information content (AvgIpc) is 2.14. The number of rotatable bonds is 4. The summed E-state index contributed by atoms with van der Waals surface area (Å²) >= 11 is 11.7. The number of nitrogens with one attached hydrogen (secondary N) is 1. The second-order valence-corrected chi connectivity index (χ2v) is 4.00. The van der Waals surface area contributed by atoms with Gasteiger partial charge in [-0.15, -0.1) is 0 Å². The highest BCUT2D eigenvalue weighted by molar-refractivity contribution is 6.35. The molecule has 15 heavy (non-hydrogen) atoms. The number of nitrogens with two attached hydrogens (primary N) is 1. The fourth-order valence-electron chi connectivity index (χ4n) is 1.08. The molecule has 0 bridgehead atoms. The Morgan fingerprint density at radius 2 is 2.27 bits per heavy atom. The van der Waals surface area contributed by atoms with Gasteiger partial charge in [-0.3, -0.25) is 5.41 Å². The number of anilines is 1. The van der Waals surface area contributed by atoms with E-state index in [-0.39, 0.29) is 5.84 Å². The molecule has 1 heterocycles. The molecule has 0 aliphatic rings. The average molecular weight is 247 g/mol. The van der Waals surface area contributed by atoms with E-state index in [9.17, 15) is 0 Å². The van der Waals surface area contributed by atoms with Crippen LogP contribution in [0.25, 0.3) is 0 Å². The maximum atomic E-state index is 7.11. The van der Waals surface area contributed by atoms with Crippen molar-refractivity contribution < 1.29 is 0 Å². The molecule has 0 saturated heterocycles. The minimum Gasteiger partial charge on any atom is -0.388 e. The van der Waals surface area contributed by atoms with E-state index >= 15 is 0 Å². The van der Waals surface area contributed by atoms with Crippen molar-refractivity contribution in [3.63, 3.8) is 0 Å². The van der Waals surface area contributed by atoms with Gasteiger partial charge >= 0.3 is 0 Å². The second-order valence-electron chi connectivity index (χ2n) is 3.16. The van der Waals surface area contributed by atoms with E-state index in [4.69, 9.17) is 34.3 Å². The molecular formula is C9H12Cl2N4. The van der Waals surface area contributed by atoms with Crippen molar-refractivity contribution in [3.8, 4) is 0 Å². The third kappa shape index (κ3) is 3.57. The predicted molar refractivity (Wildman–Crippen MR) is 64.1 cm³/mol. The quantitative estimate of drug-likeness (QED) is 0.632. The normalized spacial score (nSPS) is 10.1. The van der Waals surface area contributed by atoms with Crippen LogP contribution in [0.3, 0.4) is 0 Å². The number of pyridine rings is 1. The predicted octanol–water partition coefficient (Wildman–Crippen LogP) is 2.15. The molecule has 4 nitrogen and oxygen atoms in total. The number of nitrogens with zero attached hydrogens (tertiary/aromatic N) is 2. The lowest BCUT2D eigenvalue weighted by atomic mass is 10.3. The molecule has 0 unspecified atom stereocenters. The van der Waals surface area contributed by atoms with E-state index in [0.29, 0.717) is 28.8 Å². The Hall–Kier alpha value is -1.000. The van der Waals surface area contributed by atoms with Gasteiger partial charge in [-0.25, -0.2) is 4.98 Å². The van der Waals surface area contributed by atoms with Crippen LogP contribution < -0.4 is 10.6 Å². The third-order valence-corrected chi connectivity index (χ3v) is 2.35. The summed E-state index contributed by atoms with van der Waals surface area (Å²) in [7, 11) is 1.84. The zero-order valence-corrected chi connectivity index (χ0v) is 9.81. The number of aromatic nitrogens is 1. The number of hydrogen-bond donors (Lipinski definition) is 2. The van der Waals surface area contributed by atoms with Gasteiger partial charge < -0.3 is 10.6 Å². The van der Waals surface area contributed by atoms with E-state index in [1.54, 1.807) is 6.07 Å². The molecule has 1 aromatic rings. The zero-order valence-electron chi connectivity index (χ0n) is 8.30. The fraction of sp³-hybridized carbons (Fsp3) is 0.333. The lowest BCUT2D eigenvalue weighted by molar-refractivity contribution is 0.890. The van der Waals surface area contributed by atoms with Gasteiger partial charge in [0.05, 0.1) is 15.9 Å². The van der Waals surface area contributed by atoms with Crippen LogP contribution in [0.15, 0.2) is 12.3 Å². The topological polar surface area (TPSA) is 66.0 Å². The van der Waals surface area contributed by atoms with E-state index in [2.05, 4.69) is 4.98 Å². The van der Waals surface area contributed by atoms with Gasteiger partial charge in [0, 0.05) is 26.2 Å². The lowest BCUT2D eigenvalue weighted by Crippen LogP contribution is -2.24. The number of halogens is 2. The third-order valence-electron chi connectivity index (χ3n) is 1.87. The van der Waals surface area contributed by atoms with Crippen LogP contribution in [0.4, 0.5) is 5.82 Å². The molecule has 0 aliphatic heterocycles. The highest BCUT2D eigenvalue weighted by Crippen LogP contribution is 2.24. The van der Waals surface area contributed by atoms with Crippen molar-refractivity contribution >= 4 is 34.9 Å². The first-order valence-corrected chi connectivity index (χ1v) is 5.11. The standard InChI is InChI=1S/C9H12Cl2N4/c1-15(3-2-8(12)13)9-7(11)4-6(10)5-14-9/h4-5H,2-3H2,1H3,(H3,12,13). The summed E-state index contributed by atoms with van der Waals surface area (Å²) in [5.41, 5.74) is 5.26. The monoisotopic (exact) mass is 246 g/mol. The van der Waals surface area contributed by atoms with E-state index < -0.39 is 0 Å². The van der Waals surface area contributed by atoms with Crippen molar-refractivity contribution in [1.82, 2.24) is 4.98 Å². The maximum Gasteiger partial charge on any atom is 0.147 e. The molecule has 1 aromatic heterocycles. The molecule has 0 atom stereocenters. The van der Waals surface area contributed by atoms with Crippen molar-refractivity contribution in [2.24, 2.45) is 5.73 Å². The lowest BCUT2D eigenvalue weighted by Gasteiger charge is -2.18. The van der Waals surface area contributed by atoms with Crippen LogP contribution in [0, 0.1) is 5.41 Å². The van der Waals surface area contributed by atoms with Crippen molar-refractivity contribution in [1.29, 1.82) is 5.41 Å². The molecule has 0 fully saturated rings. The highest BCUT2D eigenvalue weighted by Gasteiger charge is 2.08. The van der Waals surface area contributed by atoms with Crippen LogP contribution in [0.1, 0.15) is 6.42 Å². The van der Waals surface area contributed by atoms with Crippen LogP contribution in [-0.2, 0) is 0 Å². The molecule has 3 N–H and O–H groups in total. The Morgan fingerprint density at radius 1 is 1.60 bits per heavy atom. The summed E-state index contributed by atoms with van der Waals surface area (Å²) in [5, 5.41) is 8.11. The van der Waals surface area contributed by atoms with Gasteiger partial charge in [0.2, 0.25) is 0 Å². The van der Waals surface area contributed by atoms with Crippen molar-refractivity contribution in [2.45, 2.75) is 6.42 Å². The zero-order chi connectivity index (χ0) is 11.4. The Labute approximate surface area is 98.5 Å². The van der Waals surface area contributed by atoms with Gasteiger partial charge in [0.15, 0.2) is 0 Å². The second kappa shape index (κ2) is 5.19. The first kappa shape index (κ1) is 12.1. The summed E-state index contributed by atoms with van der Waals surface area (Å²) < 4.78 is 0. The molecular weight excluding hydrogens is 235 g/mol. The van der Waals surface area contributed by atoms with Crippen LogP contribution >= 0.6 is 23.2 Å². The summed E-state index contributed by atoms with van der Waals surface area (Å²) in [6.07, 6.45) is 2.02. The largest absolute Gasteiger partial charge is 0.388 e. The minimum atomic E-state index is 0.145. The van der Waals surface area contributed by atoms with Gasteiger partial charge in [0.25, 0.3) is 0 Å². The van der Waals surface area contributed by atoms with Gasteiger partial charge in [-0.1, -0.05) is 23.2 Å². The molecule has 0 spiro atoms. The van der Waals surface area contributed by atoms with Gasteiger partial charge in [0.1, 0.15) is 5.82 Å². The Morgan fingerprint density at radius 3 is 2.80 bits per heavy atom. The Bertz CT molecular complexity index is 367. The van der Waals surface area contributed by atoms with Crippen LogP contribution in [-0.4, -0.2) is 24.4 Å². The summed E-state index contributed by atoms with van der Waals surface area (Å²) in [4.78, 5) is 5.94. The van der Waals surface area contributed by atoms with Crippen molar-refractivity contribution in [3.05, 3.63) is 22.3 Å². The van der Waals surface area contributed by atoms with E-state index in [1.165, 1.54) is 6.20 Å². The summed E-state index contributed by atoms with van der Waals surface area (Å²) in [5.74, 6) is 0.786. The molecule has 0 saturated carbocycles. The first-order valence-electron chi connectivity index (χ1n) is 4.36. The van der Waals surface area contributed by atoms with Crippen LogP contribution in [0.5, 0.6) is 0 Å². The Balaban J connectivity index is 2.73. The first-order chi connectivity index (χ1) is 7.00. The smallest absolute Gasteiger partial charge is 0.147 e. The molecule has 0 radical (unpaired) electrons. The van der Waals surface area contributed by atoms with E-state index in [1.807, 2.05) is 11.9 Å². The van der Waals surface area contributed by atoms with Gasteiger partial charge in [-0.2, -0.15) is 0 Å². The van der Waals surface area contributed by atoms with E-state index in [0.717, 1.165) is 0 Å². The molecule has 0 aromatic carbocycles. The molecule has 82 valence electrons. The highest BCUT2D eigenvalue weighted by atomic mass is 35.5. The molecule has 6 heteroatoms. The van der Waals surface area contributed by atoms with Crippen molar-refractivity contribution in [2.75, 3.05) is 18.5 Å². The minimum absolute atomic E-state index is 0.145. The molecule has 0 amide bonds. The molecule has 1 rings (SSSR count). The maximum absolute atomic E-state index is 7.11. The van der Waals surface area contributed by atoms with Crippen LogP contribution in [0.2, 0.25) is 10.0 Å². The summed E-state index contributed by atoms with van der Waals surface area (Å²) in [6.45, 7) is 0.601.